The van der Waals surface area contributed by atoms with Crippen LogP contribution in [0.1, 0.15) is 29.9 Å². The lowest BCUT2D eigenvalue weighted by Crippen LogP contribution is -2.10. The summed E-state index contributed by atoms with van der Waals surface area (Å²) in [6, 6.07) is 2.09. The molecule has 1 rings (SSSR count). The maximum absolute atomic E-state index is 12.3. The summed E-state index contributed by atoms with van der Waals surface area (Å²) in [6.07, 6.45) is -1.52. The minimum Gasteiger partial charge on any atom is -0.320 e. The predicted octanol–water partition coefficient (Wildman–Crippen LogP) is 3.31. The molecule has 8 heteroatoms. The number of halogens is 3. The number of pyridine rings is 1. The first-order valence-corrected chi connectivity index (χ1v) is 6.15. The molecule has 2 atom stereocenters. The Morgan fingerprint density at radius 2 is 2.22 bits per heavy atom. The van der Waals surface area contributed by atoms with Crippen LogP contribution in [0, 0.1) is 11.5 Å². The molecule has 0 radical (unpaired) electrons. The molecule has 0 saturated carbocycles. The lowest BCUT2D eigenvalue weighted by atomic mass is 10.1. The average Bonchev–Trinajstić information content (AvgIpc) is 2.30. The Bertz CT molecular complexity index is 479. The molecular weight excluding hydrogens is 267 g/mol. The Balaban J connectivity index is 3.04. The number of alkyl halides is 3. The Morgan fingerprint density at radius 3 is 2.61 bits per heavy atom. The first-order chi connectivity index (χ1) is 8.40. The Kier molecular flexibility index (Phi) is 4.81. The van der Waals surface area contributed by atoms with Crippen LogP contribution in [0.5, 0.6) is 0 Å². The first kappa shape index (κ1) is 14.6. The van der Waals surface area contributed by atoms with E-state index in [1.807, 2.05) is 0 Å². The number of hydrogen-bond acceptors (Lipinski definition) is 3. The van der Waals surface area contributed by atoms with E-state index < -0.39 is 28.1 Å². The van der Waals surface area contributed by atoms with Gasteiger partial charge < -0.3 is 4.55 Å². The summed E-state index contributed by atoms with van der Waals surface area (Å²) in [6.45, 7) is 1.74. The second kappa shape index (κ2) is 5.93. The molecule has 0 aliphatic rings. The Hall–Kier alpha value is -1.46. The van der Waals surface area contributed by atoms with E-state index in [1.54, 1.807) is 6.92 Å². The van der Waals surface area contributed by atoms with E-state index in [-0.39, 0.29) is 0 Å². The van der Waals surface area contributed by atoms with E-state index >= 15 is 0 Å². The Morgan fingerprint density at radius 1 is 1.56 bits per heavy atom. The van der Waals surface area contributed by atoms with E-state index in [4.69, 9.17) is 5.26 Å². The van der Waals surface area contributed by atoms with Crippen molar-refractivity contribution >= 4 is 11.0 Å². The molecule has 4 nitrogen and oxygen atoms in total. The fraction of sp³-hybridized carbons (Fsp3) is 0.400. The molecule has 0 amide bonds. The van der Waals surface area contributed by atoms with Gasteiger partial charge in [0.25, 0.3) is 0 Å². The van der Waals surface area contributed by atoms with Crippen molar-refractivity contribution in [3.8, 4) is 6.19 Å². The van der Waals surface area contributed by atoms with Gasteiger partial charge in [-0.2, -0.15) is 18.4 Å². The average molecular weight is 277 g/mol. The van der Waals surface area contributed by atoms with Crippen LogP contribution in [0.2, 0.25) is 0 Å². The van der Waals surface area contributed by atoms with Crippen LogP contribution in [0.3, 0.4) is 0 Å². The van der Waals surface area contributed by atoms with Crippen LogP contribution >= 0.6 is 0 Å². The third-order valence-electron chi connectivity index (χ3n) is 2.21. The maximum Gasteiger partial charge on any atom is 0.433 e. The molecule has 0 saturated heterocycles. The van der Waals surface area contributed by atoms with Gasteiger partial charge in [0.05, 0.1) is 16.2 Å². The monoisotopic (exact) mass is 277 g/mol. The lowest BCUT2D eigenvalue weighted by Gasteiger charge is -2.14. The molecule has 0 spiro atoms. The first-order valence-electron chi connectivity index (χ1n) is 4.95. The number of hydrogen-bond donors (Lipinski definition) is 1. The quantitative estimate of drug-likeness (QED) is 0.862. The summed E-state index contributed by atoms with van der Waals surface area (Å²) in [7, 11) is -1.54. The third-order valence-corrected chi connectivity index (χ3v) is 3.59. The van der Waals surface area contributed by atoms with E-state index in [1.165, 1.54) is 12.3 Å². The SMILES string of the molecule is CC[C@H](c1ccc(C(F)(F)F)nc1)[S@](O)=NC#N. The van der Waals surface area contributed by atoms with Gasteiger partial charge in [0.2, 0.25) is 6.19 Å². The van der Waals surface area contributed by atoms with Crippen LogP contribution < -0.4 is 0 Å². The van der Waals surface area contributed by atoms with Gasteiger partial charge in [-0.1, -0.05) is 13.0 Å². The second-order valence-electron chi connectivity index (χ2n) is 3.36. The van der Waals surface area contributed by atoms with E-state index in [0.29, 0.717) is 12.0 Å². The molecule has 0 bridgehead atoms. The number of aromatic nitrogens is 1. The van der Waals surface area contributed by atoms with Gasteiger partial charge in [-0.05, 0) is 18.1 Å². The van der Waals surface area contributed by atoms with Gasteiger partial charge in [0, 0.05) is 6.20 Å². The molecular formula is C10H10F3N3OS. The van der Waals surface area contributed by atoms with E-state index in [0.717, 1.165) is 12.3 Å². The molecule has 1 N–H and O–H groups in total. The van der Waals surface area contributed by atoms with Gasteiger partial charge in [0.1, 0.15) is 5.69 Å². The van der Waals surface area contributed by atoms with Gasteiger partial charge >= 0.3 is 6.18 Å². The van der Waals surface area contributed by atoms with Crippen molar-refractivity contribution in [2.24, 2.45) is 4.36 Å². The molecule has 98 valence electrons. The van der Waals surface area contributed by atoms with Crippen molar-refractivity contribution in [2.45, 2.75) is 24.8 Å². The zero-order valence-corrected chi connectivity index (χ0v) is 10.2. The Labute approximate surface area is 104 Å². The molecule has 1 aromatic rings. The summed E-state index contributed by atoms with van der Waals surface area (Å²) in [4.78, 5) is 3.31. The van der Waals surface area contributed by atoms with Crippen LogP contribution in [0.15, 0.2) is 22.7 Å². The fourth-order valence-electron chi connectivity index (χ4n) is 1.38. The molecule has 0 aliphatic heterocycles. The zero-order valence-electron chi connectivity index (χ0n) is 9.35. The van der Waals surface area contributed by atoms with Crippen LogP contribution in [-0.2, 0) is 17.1 Å². The van der Waals surface area contributed by atoms with Crippen molar-refractivity contribution in [3.05, 3.63) is 29.6 Å². The largest absolute Gasteiger partial charge is 0.433 e. The molecule has 0 aromatic carbocycles. The molecule has 1 aromatic heterocycles. The van der Waals surface area contributed by atoms with Gasteiger partial charge in [-0.15, -0.1) is 4.36 Å². The lowest BCUT2D eigenvalue weighted by molar-refractivity contribution is -0.141. The van der Waals surface area contributed by atoms with Gasteiger partial charge in [-0.3, -0.25) is 4.98 Å². The summed E-state index contributed by atoms with van der Waals surface area (Å²) in [5.41, 5.74) is -0.563. The normalized spacial score (nSPS) is 15.1. The minimum atomic E-state index is -4.49. The summed E-state index contributed by atoms with van der Waals surface area (Å²) in [5.74, 6) is 0. The smallest absolute Gasteiger partial charge is 0.320 e. The molecule has 18 heavy (non-hydrogen) atoms. The zero-order chi connectivity index (χ0) is 13.8. The number of rotatable bonds is 3. The highest BCUT2D eigenvalue weighted by Gasteiger charge is 2.32. The van der Waals surface area contributed by atoms with Crippen molar-refractivity contribution in [1.29, 1.82) is 5.26 Å². The molecule has 0 aliphatic carbocycles. The number of nitrogens with zero attached hydrogens (tertiary/aromatic N) is 3. The van der Waals surface area contributed by atoms with Crippen LogP contribution in [0.25, 0.3) is 0 Å². The highest BCUT2D eigenvalue weighted by atomic mass is 32.2. The van der Waals surface area contributed by atoms with Crippen molar-refractivity contribution in [2.75, 3.05) is 0 Å². The summed E-state index contributed by atoms with van der Waals surface area (Å²) >= 11 is 0. The predicted molar refractivity (Wildman–Crippen MR) is 60.3 cm³/mol. The van der Waals surface area contributed by atoms with Gasteiger partial charge in [-0.25, -0.2) is 0 Å². The summed E-state index contributed by atoms with van der Waals surface area (Å²) < 4.78 is 49.8. The fourth-order valence-corrected chi connectivity index (χ4v) is 2.27. The van der Waals surface area contributed by atoms with Gasteiger partial charge in [0.15, 0.2) is 0 Å². The van der Waals surface area contributed by atoms with E-state index in [2.05, 4.69) is 9.35 Å². The van der Waals surface area contributed by atoms with Crippen LogP contribution in [0.4, 0.5) is 13.2 Å². The highest BCUT2D eigenvalue weighted by Crippen LogP contribution is 2.29. The van der Waals surface area contributed by atoms with Crippen LogP contribution in [-0.4, -0.2) is 9.54 Å². The molecule has 0 fully saturated rings. The topological polar surface area (TPSA) is 69.3 Å². The third kappa shape index (κ3) is 3.51. The minimum absolute atomic E-state index is 0.426. The van der Waals surface area contributed by atoms with E-state index in [9.17, 15) is 17.7 Å². The van der Waals surface area contributed by atoms with Crippen molar-refractivity contribution in [3.63, 3.8) is 0 Å². The highest BCUT2D eigenvalue weighted by molar-refractivity contribution is 7.82. The molecule has 0 unspecified atom stereocenters. The standard InChI is InChI=1S/C10H10F3N3OS/c1-2-8(18(17)16-6-14)7-3-4-9(15-5-7)10(11,12)13/h3-5,8H,2H2,1H3,(H,16,17)/t8-,18+/m1/s1. The van der Waals surface area contributed by atoms with Crippen molar-refractivity contribution < 1.29 is 17.7 Å². The van der Waals surface area contributed by atoms with Crippen molar-refractivity contribution in [1.82, 2.24) is 4.98 Å². The summed E-state index contributed by atoms with van der Waals surface area (Å²) in [5, 5.41) is 7.83. The maximum atomic E-state index is 12.3. The number of nitriles is 1. The second-order valence-corrected chi connectivity index (χ2v) is 4.69. The molecule has 1 heterocycles.